The second-order valence-electron chi connectivity index (χ2n) is 3.71. The normalized spacial score (nSPS) is 10.1. The molecule has 0 aliphatic carbocycles. The summed E-state index contributed by atoms with van der Waals surface area (Å²) >= 11 is 1.30. The number of thiazole rings is 1. The van der Waals surface area contributed by atoms with Gasteiger partial charge in [-0.1, -0.05) is 6.07 Å². The number of aromatic nitrogens is 2. The summed E-state index contributed by atoms with van der Waals surface area (Å²) in [6.07, 6.45) is 0.0960. The van der Waals surface area contributed by atoms with Crippen LogP contribution in [0.15, 0.2) is 28.6 Å². The van der Waals surface area contributed by atoms with E-state index in [9.17, 15) is 4.79 Å². The number of carbonyl (C=O) groups excluding carboxylic acids is 1. The Labute approximate surface area is 113 Å². The zero-order valence-electron chi connectivity index (χ0n) is 9.91. The smallest absolute Gasteiger partial charge is 0.223 e. The van der Waals surface area contributed by atoms with E-state index in [4.69, 9.17) is 17.2 Å². The van der Waals surface area contributed by atoms with Crippen molar-refractivity contribution in [2.24, 2.45) is 22.2 Å². The van der Waals surface area contributed by atoms with Crippen molar-refractivity contribution in [1.82, 2.24) is 9.97 Å². The first kappa shape index (κ1) is 13.0. The Bertz CT molecular complexity index is 632. The maximum atomic E-state index is 10.9. The van der Waals surface area contributed by atoms with E-state index in [1.807, 2.05) is 0 Å². The number of aliphatic imine (C=N–C) groups is 1. The SMILES string of the molecule is NC(=O)Cc1cccc(-c2csc(N=C(N)N)n2)n1. The van der Waals surface area contributed by atoms with Crippen LogP contribution in [-0.4, -0.2) is 21.8 Å². The van der Waals surface area contributed by atoms with Crippen LogP contribution in [0.25, 0.3) is 11.4 Å². The van der Waals surface area contributed by atoms with E-state index in [1.165, 1.54) is 11.3 Å². The average Bonchev–Trinajstić information content (AvgIpc) is 2.76. The van der Waals surface area contributed by atoms with Gasteiger partial charge in [0.05, 0.1) is 17.8 Å². The molecule has 19 heavy (non-hydrogen) atoms. The Hall–Kier alpha value is -2.48. The van der Waals surface area contributed by atoms with Gasteiger partial charge in [-0.15, -0.1) is 11.3 Å². The molecule has 8 heteroatoms. The third-order valence-electron chi connectivity index (χ3n) is 2.14. The van der Waals surface area contributed by atoms with Crippen LogP contribution >= 0.6 is 11.3 Å². The molecule has 0 aliphatic heterocycles. The molecule has 0 radical (unpaired) electrons. The summed E-state index contributed by atoms with van der Waals surface area (Å²) in [5.41, 5.74) is 17.6. The van der Waals surface area contributed by atoms with Crippen LogP contribution in [0.1, 0.15) is 5.69 Å². The van der Waals surface area contributed by atoms with Crippen molar-refractivity contribution in [3.8, 4) is 11.4 Å². The van der Waals surface area contributed by atoms with E-state index in [1.54, 1.807) is 23.6 Å². The van der Waals surface area contributed by atoms with Crippen molar-refractivity contribution in [2.75, 3.05) is 0 Å². The van der Waals surface area contributed by atoms with Gasteiger partial charge >= 0.3 is 0 Å². The number of amides is 1. The molecule has 0 aromatic carbocycles. The summed E-state index contributed by atoms with van der Waals surface area (Å²) in [6.45, 7) is 0. The predicted molar refractivity (Wildman–Crippen MR) is 73.7 cm³/mol. The molecule has 98 valence electrons. The van der Waals surface area contributed by atoms with Crippen molar-refractivity contribution in [1.29, 1.82) is 0 Å². The highest BCUT2D eigenvalue weighted by atomic mass is 32.1. The van der Waals surface area contributed by atoms with E-state index in [-0.39, 0.29) is 12.4 Å². The highest BCUT2D eigenvalue weighted by Gasteiger charge is 2.07. The maximum Gasteiger partial charge on any atom is 0.223 e. The largest absolute Gasteiger partial charge is 0.370 e. The number of pyridine rings is 1. The first-order chi connectivity index (χ1) is 9.04. The van der Waals surface area contributed by atoms with Crippen LogP contribution in [0.5, 0.6) is 0 Å². The number of primary amides is 1. The van der Waals surface area contributed by atoms with Crippen LogP contribution in [0, 0.1) is 0 Å². The summed E-state index contributed by atoms with van der Waals surface area (Å²) < 4.78 is 0. The van der Waals surface area contributed by atoms with Crippen molar-refractivity contribution in [2.45, 2.75) is 6.42 Å². The summed E-state index contributed by atoms with van der Waals surface area (Å²) in [4.78, 5) is 23.3. The fourth-order valence-electron chi connectivity index (χ4n) is 1.44. The standard InChI is InChI=1S/C11H12N6OS/c12-9(18)4-6-2-1-3-7(15-6)8-5-19-11(16-8)17-10(13)14/h1-3,5H,4H2,(H2,12,18)(H4,13,14,16,17). The Morgan fingerprint density at radius 1 is 1.21 bits per heavy atom. The van der Waals surface area contributed by atoms with E-state index in [0.29, 0.717) is 22.2 Å². The summed E-state index contributed by atoms with van der Waals surface area (Å²) in [7, 11) is 0. The summed E-state index contributed by atoms with van der Waals surface area (Å²) in [5, 5.41) is 2.25. The molecule has 0 fully saturated rings. The molecule has 7 nitrogen and oxygen atoms in total. The fraction of sp³-hybridized carbons (Fsp3) is 0.0909. The molecule has 6 N–H and O–H groups in total. The molecule has 1 amide bonds. The fourth-order valence-corrected chi connectivity index (χ4v) is 2.14. The molecule has 0 bridgehead atoms. The zero-order valence-corrected chi connectivity index (χ0v) is 10.7. The lowest BCUT2D eigenvalue weighted by atomic mass is 10.2. The van der Waals surface area contributed by atoms with Crippen molar-refractivity contribution < 1.29 is 4.79 Å². The van der Waals surface area contributed by atoms with E-state index >= 15 is 0 Å². The topological polar surface area (TPSA) is 133 Å². The Kier molecular flexibility index (Phi) is 3.71. The zero-order chi connectivity index (χ0) is 13.8. The monoisotopic (exact) mass is 276 g/mol. The van der Waals surface area contributed by atoms with Gasteiger partial charge in [0, 0.05) is 5.38 Å². The molecule has 2 aromatic rings. The quantitative estimate of drug-likeness (QED) is 0.539. The molecule has 0 unspecified atom stereocenters. The molecular weight excluding hydrogens is 264 g/mol. The first-order valence-corrected chi connectivity index (χ1v) is 6.22. The lowest BCUT2D eigenvalue weighted by Gasteiger charge is -2.00. The average molecular weight is 276 g/mol. The van der Waals surface area contributed by atoms with E-state index in [2.05, 4.69) is 15.0 Å². The van der Waals surface area contributed by atoms with Gasteiger partial charge < -0.3 is 17.2 Å². The van der Waals surface area contributed by atoms with Crippen molar-refractivity contribution in [3.05, 3.63) is 29.3 Å². The Balaban J connectivity index is 2.29. The van der Waals surface area contributed by atoms with Gasteiger partial charge in [0.25, 0.3) is 0 Å². The molecule has 0 aliphatic rings. The van der Waals surface area contributed by atoms with Gasteiger partial charge in [0.1, 0.15) is 5.69 Å². The van der Waals surface area contributed by atoms with Crippen LogP contribution in [-0.2, 0) is 11.2 Å². The number of hydrogen-bond acceptors (Lipinski definition) is 5. The number of hydrogen-bond donors (Lipinski definition) is 3. The number of rotatable bonds is 4. The van der Waals surface area contributed by atoms with Crippen molar-refractivity contribution in [3.63, 3.8) is 0 Å². The summed E-state index contributed by atoms with van der Waals surface area (Å²) in [6, 6.07) is 5.32. The molecule has 0 atom stereocenters. The van der Waals surface area contributed by atoms with Crippen LogP contribution in [0.2, 0.25) is 0 Å². The molecule has 0 spiro atoms. The van der Waals surface area contributed by atoms with E-state index < -0.39 is 5.91 Å². The number of nitrogens with two attached hydrogens (primary N) is 3. The van der Waals surface area contributed by atoms with Crippen LogP contribution < -0.4 is 17.2 Å². The first-order valence-electron chi connectivity index (χ1n) is 5.34. The molecule has 2 aromatic heterocycles. The minimum absolute atomic E-state index is 0.0451. The second kappa shape index (κ2) is 5.44. The number of nitrogens with zero attached hydrogens (tertiary/aromatic N) is 3. The highest BCUT2D eigenvalue weighted by molar-refractivity contribution is 7.13. The third kappa shape index (κ3) is 3.49. The maximum absolute atomic E-state index is 10.9. The van der Waals surface area contributed by atoms with Crippen LogP contribution in [0.4, 0.5) is 5.13 Å². The van der Waals surface area contributed by atoms with Gasteiger partial charge in [-0.05, 0) is 12.1 Å². The van der Waals surface area contributed by atoms with Gasteiger partial charge in [0.2, 0.25) is 11.0 Å². The van der Waals surface area contributed by atoms with E-state index in [0.717, 1.165) is 0 Å². The lowest BCUT2D eigenvalue weighted by Crippen LogP contribution is -2.21. The lowest BCUT2D eigenvalue weighted by molar-refractivity contribution is -0.117. The van der Waals surface area contributed by atoms with Gasteiger partial charge in [-0.3, -0.25) is 9.78 Å². The third-order valence-corrected chi connectivity index (χ3v) is 2.88. The number of carbonyl (C=O) groups is 1. The summed E-state index contributed by atoms with van der Waals surface area (Å²) in [5.74, 6) is -0.472. The minimum Gasteiger partial charge on any atom is -0.370 e. The minimum atomic E-state index is -0.427. The molecule has 0 saturated heterocycles. The highest BCUT2D eigenvalue weighted by Crippen LogP contribution is 2.25. The molecule has 2 heterocycles. The van der Waals surface area contributed by atoms with Gasteiger partial charge in [-0.2, -0.15) is 4.99 Å². The molecular formula is C11H12N6OS. The van der Waals surface area contributed by atoms with Crippen molar-refractivity contribution >= 4 is 28.3 Å². The van der Waals surface area contributed by atoms with Gasteiger partial charge in [0.15, 0.2) is 5.96 Å². The molecule has 2 rings (SSSR count). The molecule has 0 saturated carbocycles. The second-order valence-corrected chi connectivity index (χ2v) is 4.55. The Morgan fingerprint density at radius 2 is 2.00 bits per heavy atom. The van der Waals surface area contributed by atoms with Gasteiger partial charge in [-0.25, -0.2) is 4.98 Å². The predicted octanol–water partition coefficient (Wildman–Crippen LogP) is 0.138. The number of guanidine groups is 1. The Morgan fingerprint density at radius 3 is 2.68 bits per heavy atom. The van der Waals surface area contributed by atoms with Crippen LogP contribution in [0.3, 0.4) is 0 Å².